The molecule has 110 valence electrons. The van der Waals surface area contributed by atoms with Gasteiger partial charge in [0.05, 0.1) is 6.54 Å². The Morgan fingerprint density at radius 2 is 2.10 bits per heavy atom. The number of hydrogen-bond acceptors (Lipinski definition) is 5. The van der Waals surface area contributed by atoms with E-state index in [2.05, 4.69) is 15.6 Å². The standard InChI is InChI=1S/C11H16N4O4S/c1-3-12-8(16)5-15(2)11(19)13-4-9-14-7(6-20-9)10(17)18/h6H,3-5H2,1-2H3,(H,12,16)(H,13,19)(H,17,18). The lowest BCUT2D eigenvalue weighted by Crippen LogP contribution is -2.43. The van der Waals surface area contributed by atoms with Crippen LogP contribution in [-0.2, 0) is 11.3 Å². The molecule has 1 aromatic rings. The zero-order valence-electron chi connectivity index (χ0n) is 11.2. The summed E-state index contributed by atoms with van der Waals surface area (Å²) in [6.45, 7) is 2.38. The molecule has 0 aliphatic carbocycles. The molecule has 9 heteroatoms. The van der Waals surface area contributed by atoms with Crippen molar-refractivity contribution < 1.29 is 19.5 Å². The van der Waals surface area contributed by atoms with E-state index in [1.54, 1.807) is 6.92 Å². The summed E-state index contributed by atoms with van der Waals surface area (Å²) >= 11 is 1.15. The van der Waals surface area contributed by atoms with E-state index in [0.29, 0.717) is 11.6 Å². The fourth-order valence-electron chi connectivity index (χ4n) is 1.32. The number of rotatable bonds is 6. The summed E-state index contributed by atoms with van der Waals surface area (Å²) in [6.07, 6.45) is 0. The van der Waals surface area contributed by atoms with Crippen LogP contribution in [0.1, 0.15) is 22.4 Å². The Labute approximate surface area is 119 Å². The van der Waals surface area contributed by atoms with Gasteiger partial charge in [-0.3, -0.25) is 4.79 Å². The lowest BCUT2D eigenvalue weighted by atomic mass is 10.5. The molecule has 0 aromatic carbocycles. The van der Waals surface area contributed by atoms with Crippen molar-refractivity contribution in [3.63, 3.8) is 0 Å². The van der Waals surface area contributed by atoms with Crippen molar-refractivity contribution in [2.75, 3.05) is 20.1 Å². The van der Waals surface area contributed by atoms with Crippen LogP contribution in [0.4, 0.5) is 4.79 Å². The third-order valence-electron chi connectivity index (χ3n) is 2.26. The Balaban J connectivity index is 2.41. The number of thiazole rings is 1. The molecule has 0 saturated heterocycles. The van der Waals surface area contributed by atoms with Crippen LogP contribution >= 0.6 is 11.3 Å². The maximum atomic E-state index is 11.7. The second-order valence-electron chi connectivity index (χ2n) is 3.90. The van der Waals surface area contributed by atoms with Gasteiger partial charge in [-0.2, -0.15) is 0 Å². The molecule has 0 aliphatic heterocycles. The molecule has 20 heavy (non-hydrogen) atoms. The van der Waals surface area contributed by atoms with Gasteiger partial charge in [0.25, 0.3) is 0 Å². The number of nitrogens with one attached hydrogen (secondary N) is 2. The van der Waals surface area contributed by atoms with Crippen LogP contribution in [0.25, 0.3) is 0 Å². The molecule has 0 spiro atoms. The second kappa shape index (κ2) is 7.43. The lowest BCUT2D eigenvalue weighted by Gasteiger charge is -2.16. The summed E-state index contributed by atoms with van der Waals surface area (Å²) < 4.78 is 0. The number of amides is 3. The summed E-state index contributed by atoms with van der Waals surface area (Å²) in [5.41, 5.74) is -0.0464. The molecule has 0 atom stereocenters. The van der Waals surface area contributed by atoms with Crippen LogP contribution in [-0.4, -0.2) is 53.0 Å². The summed E-state index contributed by atoms with van der Waals surface area (Å²) in [5.74, 6) is -1.35. The van der Waals surface area contributed by atoms with Crippen molar-refractivity contribution >= 4 is 29.2 Å². The minimum atomic E-state index is -1.10. The van der Waals surface area contributed by atoms with Crippen molar-refractivity contribution in [2.24, 2.45) is 0 Å². The third kappa shape index (κ3) is 4.84. The van der Waals surface area contributed by atoms with Gasteiger partial charge in [-0.05, 0) is 6.92 Å². The topological polar surface area (TPSA) is 112 Å². The van der Waals surface area contributed by atoms with Gasteiger partial charge >= 0.3 is 12.0 Å². The van der Waals surface area contributed by atoms with E-state index in [1.165, 1.54) is 17.3 Å². The van der Waals surface area contributed by atoms with E-state index < -0.39 is 12.0 Å². The van der Waals surface area contributed by atoms with Gasteiger partial charge in [0.1, 0.15) is 11.6 Å². The van der Waals surface area contributed by atoms with Crippen LogP contribution in [0, 0.1) is 0 Å². The van der Waals surface area contributed by atoms with Crippen LogP contribution in [0.5, 0.6) is 0 Å². The molecule has 0 saturated carbocycles. The molecule has 8 nitrogen and oxygen atoms in total. The number of urea groups is 1. The van der Waals surface area contributed by atoms with Gasteiger partial charge in [-0.25, -0.2) is 14.6 Å². The first-order valence-electron chi connectivity index (χ1n) is 5.87. The van der Waals surface area contributed by atoms with E-state index in [-0.39, 0.29) is 24.7 Å². The van der Waals surface area contributed by atoms with Gasteiger partial charge in [-0.1, -0.05) is 0 Å². The normalized spacial score (nSPS) is 9.90. The highest BCUT2D eigenvalue weighted by atomic mass is 32.1. The van der Waals surface area contributed by atoms with E-state index in [1.807, 2.05) is 0 Å². The van der Waals surface area contributed by atoms with Crippen LogP contribution in [0.3, 0.4) is 0 Å². The maximum absolute atomic E-state index is 11.7. The molecule has 1 aromatic heterocycles. The number of carboxylic acid groups (broad SMARTS) is 1. The summed E-state index contributed by atoms with van der Waals surface area (Å²) in [6, 6.07) is -0.427. The van der Waals surface area contributed by atoms with Crippen LogP contribution in [0.15, 0.2) is 5.38 Å². The number of likely N-dealkylation sites (N-methyl/N-ethyl adjacent to an activating group) is 2. The lowest BCUT2D eigenvalue weighted by molar-refractivity contribution is -0.121. The van der Waals surface area contributed by atoms with Crippen LogP contribution < -0.4 is 10.6 Å². The second-order valence-corrected chi connectivity index (χ2v) is 4.84. The number of aromatic carboxylic acids is 1. The zero-order valence-corrected chi connectivity index (χ0v) is 12.0. The van der Waals surface area contributed by atoms with Gasteiger partial charge in [0.15, 0.2) is 5.69 Å². The fraction of sp³-hybridized carbons (Fsp3) is 0.455. The first-order chi connectivity index (χ1) is 9.43. The molecular weight excluding hydrogens is 284 g/mol. The first-order valence-corrected chi connectivity index (χ1v) is 6.75. The highest BCUT2D eigenvalue weighted by molar-refractivity contribution is 7.09. The van der Waals surface area contributed by atoms with Crippen LogP contribution in [0.2, 0.25) is 0 Å². The average Bonchev–Trinajstić information content (AvgIpc) is 2.85. The predicted octanol–water partition coefficient (Wildman–Crippen LogP) is 0.119. The van der Waals surface area contributed by atoms with E-state index in [9.17, 15) is 14.4 Å². The number of carboxylic acids is 1. The number of hydrogen-bond donors (Lipinski definition) is 3. The Morgan fingerprint density at radius 3 is 2.65 bits per heavy atom. The largest absolute Gasteiger partial charge is 0.476 e. The summed E-state index contributed by atoms with van der Waals surface area (Å²) in [7, 11) is 1.50. The maximum Gasteiger partial charge on any atom is 0.355 e. The summed E-state index contributed by atoms with van der Waals surface area (Å²) in [5, 5.41) is 15.8. The molecule has 0 unspecified atom stereocenters. The quantitative estimate of drug-likeness (QED) is 0.691. The first kappa shape index (κ1) is 15.9. The van der Waals surface area contributed by atoms with E-state index >= 15 is 0 Å². The molecule has 0 fully saturated rings. The Morgan fingerprint density at radius 1 is 1.40 bits per heavy atom. The molecule has 1 rings (SSSR count). The minimum absolute atomic E-state index is 0.0437. The predicted molar refractivity (Wildman–Crippen MR) is 72.6 cm³/mol. The number of nitrogens with zero attached hydrogens (tertiary/aromatic N) is 2. The Bertz CT molecular complexity index is 502. The van der Waals surface area contributed by atoms with Crippen molar-refractivity contribution in [3.8, 4) is 0 Å². The SMILES string of the molecule is CCNC(=O)CN(C)C(=O)NCc1nc(C(=O)O)cs1. The van der Waals surface area contributed by atoms with Crippen molar-refractivity contribution in [1.82, 2.24) is 20.5 Å². The third-order valence-corrected chi connectivity index (χ3v) is 3.11. The zero-order chi connectivity index (χ0) is 15.1. The molecule has 3 amide bonds. The molecule has 1 heterocycles. The number of carbonyl (C=O) groups is 3. The summed E-state index contributed by atoms with van der Waals surface area (Å²) in [4.78, 5) is 38.7. The van der Waals surface area contributed by atoms with Gasteiger partial charge < -0.3 is 20.6 Å². The Hall–Kier alpha value is -2.16. The van der Waals surface area contributed by atoms with E-state index in [4.69, 9.17) is 5.11 Å². The van der Waals surface area contributed by atoms with Gasteiger partial charge in [0, 0.05) is 19.0 Å². The highest BCUT2D eigenvalue weighted by Gasteiger charge is 2.13. The molecule has 0 aliphatic rings. The van der Waals surface area contributed by atoms with Gasteiger partial charge in [0.2, 0.25) is 5.91 Å². The highest BCUT2D eigenvalue weighted by Crippen LogP contribution is 2.09. The molecular formula is C11H16N4O4S. The fourth-order valence-corrected chi connectivity index (χ4v) is 2.02. The Kier molecular flexibility index (Phi) is 5.91. The molecule has 0 radical (unpaired) electrons. The number of aromatic nitrogens is 1. The minimum Gasteiger partial charge on any atom is -0.476 e. The van der Waals surface area contributed by atoms with E-state index in [0.717, 1.165) is 11.3 Å². The van der Waals surface area contributed by atoms with Crippen molar-refractivity contribution in [3.05, 3.63) is 16.1 Å². The monoisotopic (exact) mass is 300 g/mol. The average molecular weight is 300 g/mol. The number of carbonyl (C=O) groups excluding carboxylic acids is 2. The smallest absolute Gasteiger partial charge is 0.355 e. The van der Waals surface area contributed by atoms with Crippen molar-refractivity contribution in [2.45, 2.75) is 13.5 Å². The van der Waals surface area contributed by atoms with Crippen molar-refractivity contribution in [1.29, 1.82) is 0 Å². The molecule has 3 N–H and O–H groups in total. The molecule has 0 bridgehead atoms. The van der Waals surface area contributed by atoms with Gasteiger partial charge in [-0.15, -0.1) is 11.3 Å².